The van der Waals surface area contributed by atoms with Crippen molar-refractivity contribution in [2.75, 3.05) is 72.7 Å². The van der Waals surface area contributed by atoms with E-state index in [2.05, 4.69) is 38.5 Å². The van der Waals surface area contributed by atoms with Crippen LogP contribution in [0.25, 0.3) is 0 Å². The molecule has 9 amide bonds. The fourth-order valence-corrected chi connectivity index (χ4v) is 6.13. The van der Waals surface area contributed by atoms with Gasteiger partial charge < -0.3 is 51.9 Å². The second kappa shape index (κ2) is 20.1. The van der Waals surface area contributed by atoms with Gasteiger partial charge in [0.2, 0.25) is 5.91 Å². The number of hydrogen-bond acceptors (Lipinski definition) is 11. The van der Waals surface area contributed by atoms with E-state index in [0.717, 1.165) is 4.90 Å². The zero-order chi connectivity index (χ0) is 39.2. The van der Waals surface area contributed by atoms with Crippen molar-refractivity contribution in [3.05, 3.63) is 41.9 Å². The standard InChI is InChI=1S/C33H50N12O9/c1-22-9-13-44(33(54)39-22)20-37-30(51)34-10-6-25(28(47)48)42-16-14-41(2)15-17-43(19-24-5-3-4-23(18-42)40-24)26(29(49)50)7-11-35-31(52)38-21-45-27(46)8-12-36-32(45)53/h3-5,25-26H,1,6-21H2,2H3,(H,36,53)(H,39,54)(H,47,48)(H,49,50)(H2,34,37,51)(H2,35,38,52). The molecule has 4 heterocycles. The highest BCUT2D eigenvalue weighted by molar-refractivity contribution is 5.97. The lowest BCUT2D eigenvalue weighted by Gasteiger charge is -2.34. The van der Waals surface area contributed by atoms with E-state index in [1.54, 1.807) is 28.0 Å². The van der Waals surface area contributed by atoms with Crippen molar-refractivity contribution in [3.63, 3.8) is 0 Å². The number of aliphatic carboxylic acids is 2. The van der Waals surface area contributed by atoms with E-state index in [4.69, 9.17) is 4.98 Å². The molecular weight excluding hydrogens is 708 g/mol. The average Bonchev–Trinajstić information content (AvgIpc) is 3.11. The summed E-state index contributed by atoms with van der Waals surface area (Å²) < 4.78 is 0. The Morgan fingerprint density at radius 2 is 1.35 bits per heavy atom. The first-order valence-corrected chi connectivity index (χ1v) is 17.7. The predicted octanol–water partition coefficient (Wildman–Crippen LogP) is -1.30. The number of rotatable bonds is 14. The van der Waals surface area contributed by atoms with E-state index in [-0.39, 0.29) is 71.4 Å². The van der Waals surface area contributed by atoms with Crippen LogP contribution in [0.2, 0.25) is 0 Å². The van der Waals surface area contributed by atoms with Gasteiger partial charge in [0.1, 0.15) is 18.8 Å². The maximum Gasteiger partial charge on any atom is 0.325 e. The third-order valence-electron chi connectivity index (χ3n) is 9.23. The number of imide groups is 1. The molecule has 3 aliphatic rings. The summed E-state index contributed by atoms with van der Waals surface area (Å²) in [6.45, 7) is 6.01. The van der Waals surface area contributed by atoms with E-state index in [0.29, 0.717) is 56.2 Å². The van der Waals surface area contributed by atoms with Gasteiger partial charge in [-0.1, -0.05) is 12.6 Å². The molecule has 2 bridgehead atoms. The Hall–Kier alpha value is -5.54. The first-order chi connectivity index (χ1) is 25.8. The van der Waals surface area contributed by atoms with Crippen molar-refractivity contribution in [1.29, 1.82) is 0 Å². The second-order valence-electron chi connectivity index (χ2n) is 13.2. The lowest BCUT2D eigenvalue weighted by molar-refractivity contribution is -0.144. The van der Waals surface area contributed by atoms with Gasteiger partial charge in [0.05, 0.1) is 18.1 Å². The molecule has 296 valence electrons. The number of fused-ring (bicyclic) bond motifs is 2. The van der Waals surface area contributed by atoms with Crippen molar-refractivity contribution in [3.8, 4) is 0 Å². The van der Waals surface area contributed by atoms with Crippen LogP contribution in [0.1, 0.15) is 37.1 Å². The van der Waals surface area contributed by atoms with Gasteiger partial charge >= 0.3 is 36.1 Å². The molecule has 0 spiro atoms. The van der Waals surface area contributed by atoms with Crippen LogP contribution in [0.15, 0.2) is 30.5 Å². The van der Waals surface area contributed by atoms with Crippen LogP contribution in [0.5, 0.6) is 0 Å². The zero-order valence-corrected chi connectivity index (χ0v) is 30.3. The maximum atomic E-state index is 12.5. The van der Waals surface area contributed by atoms with E-state index in [1.807, 2.05) is 11.9 Å². The van der Waals surface area contributed by atoms with Gasteiger partial charge in [-0.3, -0.25) is 29.2 Å². The highest BCUT2D eigenvalue weighted by Crippen LogP contribution is 2.16. The largest absolute Gasteiger partial charge is 0.480 e. The molecule has 2 fully saturated rings. The van der Waals surface area contributed by atoms with Crippen LogP contribution in [-0.2, 0) is 27.5 Å². The van der Waals surface area contributed by atoms with Crippen molar-refractivity contribution < 1.29 is 43.8 Å². The number of hydrogen-bond donors (Lipinski definition) is 8. The van der Waals surface area contributed by atoms with Gasteiger partial charge in [0.25, 0.3) is 0 Å². The van der Waals surface area contributed by atoms with Crippen molar-refractivity contribution in [2.24, 2.45) is 0 Å². The van der Waals surface area contributed by atoms with Gasteiger partial charge in [-0.15, -0.1) is 0 Å². The van der Waals surface area contributed by atoms with E-state index in [9.17, 15) is 43.8 Å². The molecule has 4 rings (SSSR count). The topological polar surface area (TPSA) is 261 Å². The number of carbonyl (C=O) groups excluding carboxylic acids is 5. The Balaban J connectivity index is 1.33. The van der Waals surface area contributed by atoms with Crippen LogP contribution in [0.3, 0.4) is 0 Å². The van der Waals surface area contributed by atoms with Gasteiger partial charge in [-0.05, 0) is 32.0 Å². The summed E-state index contributed by atoms with van der Waals surface area (Å²) in [4.78, 5) is 98.3. The van der Waals surface area contributed by atoms with Crippen molar-refractivity contribution >= 4 is 42.0 Å². The number of urea groups is 4. The molecule has 2 atom stereocenters. The molecule has 54 heavy (non-hydrogen) atoms. The molecule has 1 aromatic heterocycles. The first kappa shape index (κ1) is 41.2. The smallest absolute Gasteiger partial charge is 0.325 e. The van der Waals surface area contributed by atoms with E-state index in [1.165, 1.54) is 4.90 Å². The number of pyridine rings is 1. The lowest BCUT2D eigenvalue weighted by atomic mass is 10.1. The van der Waals surface area contributed by atoms with Crippen LogP contribution in [0, 0.1) is 0 Å². The fraction of sp³-hybridized carbons (Fsp3) is 0.576. The highest BCUT2D eigenvalue weighted by atomic mass is 16.4. The molecule has 1 aromatic rings. The van der Waals surface area contributed by atoms with Gasteiger partial charge in [0, 0.05) is 84.0 Å². The third-order valence-corrected chi connectivity index (χ3v) is 9.23. The van der Waals surface area contributed by atoms with Crippen LogP contribution >= 0.6 is 0 Å². The summed E-state index contributed by atoms with van der Waals surface area (Å²) in [7, 11) is 1.86. The Kier molecular flexibility index (Phi) is 15.3. The number of carboxylic acids is 2. The summed E-state index contributed by atoms with van der Waals surface area (Å²) in [5.74, 6) is -2.56. The number of carbonyl (C=O) groups is 7. The molecule has 0 radical (unpaired) electrons. The molecule has 0 aliphatic carbocycles. The summed E-state index contributed by atoms with van der Waals surface area (Å²) in [6.07, 6.45) is 0.843. The van der Waals surface area contributed by atoms with Gasteiger partial charge in [0.15, 0.2) is 0 Å². The minimum Gasteiger partial charge on any atom is -0.480 e. The number of aromatic nitrogens is 1. The molecule has 2 saturated heterocycles. The minimum atomic E-state index is -1.08. The van der Waals surface area contributed by atoms with Crippen LogP contribution < -0.4 is 31.9 Å². The SMILES string of the molecule is C=C1CCN(CNC(=O)NCCC(C(=O)O)N2CCN(C)CCN(C(CCNC(=O)NCN3C(=O)CCNC3=O)C(=O)O)Cc3cccc(n3)C2)C(=O)N1. The quantitative estimate of drug-likeness (QED) is 0.110. The number of nitrogens with one attached hydrogen (secondary N) is 6. The van der Waals surface area contributed by atoms with Crippen molar-refractivity contribution in [1.82, 2.24) is 61.4 Å². The van der Waals surface area contributed by atoms with Gasteiger partial charge in [-0.2, -0.15) is 0 Å². The second-order valence-corrected chi connectivity index (χ2v) is 13.2. The highest BCUT2D eigenvalue weighted by Gasteiger charge is 2.30. The first-order valence-electron chi connectivity index (χ1n) is 17.7. The fourth-order valence-electron chi connectivity index (χ4n) is 6.13. The number of nitrogens with zero attached hydrogens (tertiary/aromatic N) is 6. The lowest BCUT2D eigenvalue weighted by Crippen LogP contribution is -2.55. The predicted molar refractivity (Wildman–Crippen MR) is 191 cm³/mol. The zero-order valence-electron chi connectivity index (χ0n) is 30.3. The van der Waals surface area contributed by atoms with Crippen LogP contribution in [-0.4, -0.2) is 166 Å². The van der Waals surface area contributed by atoms with Crippen molar-refractivity contribution in [2.45, 2.75) is 50.9 Å². The molecule has 0 saturated carbocycles. The molecule has 2 unspecified atom stereocenters. The Labute approximate surface area is 312 Å². The molecule has 3 aliphatic heterocycles. The Morgan fingerprint density at radius 3 is 1.87 bits per heavy atom. The average molecular weight is 759 g/mol. The Morgan fingerprint density at radius 1 is 0.796 bits per heavy atom. The van der Waals surface area contributed by atoms with Gasteiger partial charge in [-0.25, -0.2) is 24.1 Å². The third kappa shape index (κ3) is 12.6. The monoisotopic (exact) mass is 758 g/mol. The summed E-state index contributed by atoms with van der Waals surface area (Å²) in [6, 6.07) is 1.20. The molecule has 0 aromatic carbocycles. The van der Waals surface area contributed by atoms with Crippen LogP contribution in [0.4, 0.5) is 19.2 Å². The summed E-state index contributed by atoms with van der Waals surface area (Å²) >= 11 is 0. The summed E-state index contributed by atoms with van der Waals surface area (Å²) in [5.41, 5.74) is 1.77. The minimum absolute atomic E-state index is 0.00308. The van der Waals surface area contributed by atoms with E-state index < -0.39 is 48.0 Å². The number of carboxylic acid groups (broad SMARTS) is 2. The van der Waals surface area contributed by atoms with E-state index >= 15 is 0 Å². The number of likely N-dealkylation sites (N-methyl/N-ethyl adjacent to an activating group) is 1. The normalized spacial score (nSPS) is 19.0. The number of amides is 9. The maximum absolute atomic E-state index is 12.5. The molecule has 21 heteroatoms. The Bertz CT molecular complexity index is 1550. The molecule has 8 N–H and O–H groups in total. The summed E-state index contributed by atoms with van der Waals surface area (Å²) in [5, 5.41) is 35.9. The molecular formula is C33H50N12O9. The molecule has 21 nitrogen and oxygen atoms in total.